The van der Waals surface area contributed by atoms with Crippen molar-refractivity contribution >= 4 is 22.6 Å². The van der Waals surface area contributed by atoms with E-state index in [1.807, 2.05) is 45.0 Å². The number of ether oxygens (including phenoxy) is 2. The third-order valence-electron chi connectivity index (χ3n) is 5.12. The summed E-state index contributed by atoms with van der Waals surface area (Å²) in [5.41, 5.74) is 5.23. The Morgan fingerprint density at radius 1 is 0.968 bits per heavy atom. The second-order valence-corrected chi connectivity index (χ2v) is 7.36. The standard InChI is InChI=1S/C24H24N4O3/c1-14-6-8-17(9-7-14)28-23-22(16(3)27-28)19(12-15(2)25-23)24(29)26-20-11-10-18(30-4)13-21(20)31-5/h6-13H,1-5H3,(H,26,29). The molecule has 2 heterocycles. The van der Waals surface area contributed by atoms with Crippen molar-refractivity contribution in [2.24, 2.45) is 0 Å². The average molecular weight is 416 g/mol. The Hall–Kier alpha value is -3.87. The van der Waals surface area contributed by atoms with Gasteiger partial charge in [-0.25, -0.2) is 9.67 Å². The third kappa shape index (κ3) is 3.82. The van der Waals surface area contributed by atoms with Crippen molar-refractivity contribution in [3.63, 3.8) is 0 Å². The van der Waals surface area contributed by atoms with Gasteiger partial charge in [0.15, 0.2) is 5.65 Å². The van der Waals surface area contributed by atoms with Gasteiger partial charge in [-0.2, -0.15) is 5.10 Å². The van der Waals surface area contributed by atoms with Crippen LogP contribution in [0.3, 0.4) is 0 Å². The molecule has 0 aliphatic carbocycles. The Kier molecular flexibility index (Phi) is 5.33. The van der Waals surface area contributed by atoms with E-state index in [9.17, 15) is 4.79 Å². The van der Waals surface area contributed by atoms with Crippen LogP contribution in [-0.4, -0.2) is 34.9 Å². The molecule has 0 atom stereocenters. The fraction of sp³-hybridized carbons (Fsp3) is 0.208. The van der Waals surface area contributed by atoms with E-state index < -0.39 is 0 Å². The molecule has 0 radical (unpaired) electrons. The van der Waals surface area contributed by atoms with Crippen LogP contribution in [0.4, 0.5) is 5.69 Å². The van der Waals surface area contributed by atoms with Crippen molar-refractivity contribution < 1.29 is 14.3 Å². The van der Waals surface area contributed by atoms with Gasteiger partial charge in [-0.3, -0.25) is 4.79 Å². The monoisotopic (exact) mass is 416 g/mol. The van der Waals surface area contributed by atoms with Crippen LogP contribution in [0, 0.1) is 20.8 Å². The maximum absolute atomic E-state index is 13.3. The van der Waals surface area contributed by atoms with Gasteiger partial charge in [0.25, 0.3) is 5.91 Å². The van der Waals surface area contributed by atoms with Gasteiger partial charge in [-0.05, 0) is 51.1 Å². The van der Waals surface area contributed by atoms with Gasteiger partial charge in [-0.15, -0.1) is 0 Å². The zero-order valence-electron chi connectivity index (χ0n) is 18.2. The molecular weight excluding hydrogens is 392 g/mol. The van der Waals surface area contributed by atoms with Crippen molar-refractivity contribution in [3.05, 3.63) is 71.0 Å². The molecule has 158 valence electrons. The highest BCUT2D eigenvalue weighted by atomic mass is 16.5. The number of nitrogens with zero attached hydrogens (tertiary/aromatic N) is 3. The van der Waals surface area contributed by atoms with Gasteiger partial charge in [-0.1, -0.05) is 17.7 Å². The fourth-order valence-electron chi connectivity index (χ4n) is 3.55. The molecule has 0 saturated carbocycles. The van der Waals surface area contributed by atoms with Gasteiger partial charge >= 0.3 is 0 Å². The molecule has 0 spiro atoms. The maximum Gasteiger partial charge on any atom is 0.256 e. The Labute approximate surface area is 180 Å². The lowest BCUT2D eigenvalue weighted by Gasteiger charge is -2.12. The number of rotatable bonds is 5. The summed E-state index contributed by atoms with van der Waals surface area (Å²) in [6.45, 7) is 5.79. The Morgan fingerprint density at radius 2 is 1.71 bits per heavy atom. The number of carbonyl (C=O) groups excluding carboxylic acids is 1. The minimum Gasteiger partial charge on any atom is -0.497 e. The number of carbonyl (C=O) groups is 1. The first-order valence-corrected chi connectivity index (χ1v) is 9.88. The van der Waals surface area contributed by atoms with Gasteiger partial charge in [0.05, 0.1) is 42.2 Å². The SMILES string of the molecule is COc1ccc(NC(=O)c2cc(C)nc3c2c(C)nn3-c2ccc(C)cc2)c(OC)c1. The van der Waals surface area contributed by atoms with Gasteiger partial charge in [0, 0.05) is 11.8 Å². The Bertz CT molecular complexity index is 1280. The van der Waals surface area contributed by atoms with Crippen LogP contribution in [0.1, 0.15) is 27.3 Å². The largest absolute Gasteiger partial charge is 0.497 e. The summed E-state index contributed by atoms with van der Waals surface area (Å²) in [7, 11) is 3.13. The maximum atomic E-state index is 13.3. The number of fused-ring (bicyclic) bond motifs is 1. The summed E-state index contributed by atoms with van der Waals surface area (Å²) in [5, 5.41) is 8.34. The third-order valence-corrected chi connectivity index (χ3v) is 5.12. The van der Waals surface area contributed by atoms with Gasteiger partial charge in [0.2, 0.25) is 0 Å². The molecule has 4 rings (SSSR count). The molecule has 2 aromatic heterocycles. The molecule has 1 amide bonds. The molecule has 0 bridgehead atoms. The predicted octanol–water partition coefficient (Wildman–Crippen LogP) is 4.62. The quantitative estimate of drug-likeness (QED) is 0.514. The number of nitrogens with one attached hydrogen (secondary N) is 1. The smallest absolute Gasteiger partial charge is 0.256 e. The highest BCUT2D eigenvalue weighted by Crippen LogP contribution is 2.31. The highest BCUT2D eigenvalue weighted by molar-refractivity contribution is 6.13. The molecule has 7 heteroatoms. The number of hydrogen-bond acceptors (Lipinski definition) is 5. The molecule has 0 aliphatic heterocycles. The molecule has 4 aromatic rings. The van der Waals surface area contributed by atoms with E-state index in [0.717, 1.165) is 28.0 Å². The summed E-state index contributed by atoms with van der Waals surface area (Å²) in [6, 6.07) is 15.1. The van der Waals surface area contributed by atoms with E-state index in [1.54, 1.807) is 43.2 Å². The molecule has 0 fully saturated rings. The van der Waals surface area contributed by atoms with Crippen LogP contribution in [0.5, 0.6) is 11.5 Å². The molecule has 2 aromatic carbocycles. The summed E-state index contributed by atoms with van der Waals surface area (Å²) in [5.74, 6) is 0.902. The number of methoxy groups -OCH3 is 2. The van der Waals surface area contributed by atoms with E-state index in [1.165, 1.54) is 0 Å². The van der Waals surface area contributed by atoms with E-state index in [-0.39, 0.29) is 5.91 Å². The first-order chi connectivity index (χ1) is 14.9. The van der Waals surface area contributed by atoms with Crippen LogP contribution in [0.15, 0.2) is 48.5 Å². The number of anilines is 1. The molecular formula is C24H24N4O3. The molecule has 31 heavy (non-hydrogen) atoms. The van der Waals surface area contributed by atoms with E-state index in [4.69, 9.17) is 9.47 Å². The highest BCUT2D eigenvalue weighted by Gasteiger charge is 2.20. The van der Waals surface area contributed by atoms with Crippen LogP contribution >= 0.6 is 0 Å². The van der Waals surface area contributed by atoms with Crippen LogP contribution < -0.4 is 14.8 Å². The number of pyridine rings is 1. The zero-order valence-corrected chi connectivity index (χ0v) is 18.2. The second kappa shape index (κ2) is 8.10. The molecule has 0 aliphatic rings. The first kappa shape index (κ1) is 20.4. The van der Waals surface area contributed by atoms with Crippen LogP contribution in [-0.2, 0) is 0 Å². The lowest BCUT2D eigenvalue weighted by Crippen LogP contribution is -2.14. The van der Waals surface area contributed by atoms with Crippen molar-refractivity contribution in [1.29, 1.82) is 0 Å². The minimum absolute atomic E-state index is 0.259. The van der Waals surface area contributed by atoms with Crippen molar-refractivity contribution in [2.45, 2.75) is 20.8 Å². The van der Waals surface area contributed by atoms with Crippen molar-refractivity contribution in [2.75, 3.05) is 19.5 Å². The summed E-state index contributed by atoms with van der Waals surface area (Å²) in [4.78, 5) is 18.0. The normalized spacial score (nSPS) is 10.9. The van der Waals surface area contributed by atoms with E-state index >= 15 is 0 Å². The average Bonchev–Trinajstić information content (AvgIpc) is 3.10. The second-order valence-electron chi connectivity index (χ2n) is 7.36. The van der Waals surface area contributed by atoms with Crippen LogP contribution in [0.2, 0.25) is 0 Å². The van der Waals surface area contributed by atoms with E-state index in [2.05, 4.69) is 15.4 Å². The number of aryl methyl sites for hydroxylation is 3. The molecule has 0 saturated heterocycles. The van der Waals surface area contributed by atoms with E-state index in [0.29, 0.717) is 28.4 Å². The number of amides is 1. The van der Waals surface area contributed by atoms with Gasteiger partial charge in [0.1, 0.15) is 11.5 Å². The summed E-state index contributed by atoms with van der Waals surface area (Å²) in [6.07, 6.45) is 0. The topological polar surface area (TPSA) is 78.3 Å². The summed E-state index contributed by atoms with van der Waals surface area (Å²) < 4.78 is 12.4. The minimum atomic E-state index is -0.259. The lowest BCUT2D eigenvalue weighted by atomic mass is 10.1. The van der Waals surface area contributed by atoms with Gasteiger partial charge < -0.3 is 14.8 Å². The zero-order chi connectivity index (χ0) is 22.1. The van der Waals surface area contributed by atoms with Crippen LogP contribution in [0.25, 0.3) is 16.7 Å². The Morgan fingerprint density at radius 3 is 2.39 bits per heavy atom. The summed E-state index contributed by atoms with van der Waals surface area (Å²) >= 11 is 0. The number of benzene rings is 2. The lowest BCUT2D eigenvalue weighted by molar-refractivity contribution is 0.102. The van der Waals surface area contributed by atoms with Crippen molar-refractivity contribution in [1.82, 2.24) is 14.8 Å². The number of hydrogen-bond donors (Lipinski definition) is 1. The molecule has 7 nitrogen and oxygen atoms in total. The Balaban J connectivity index is 1.79. The fourth-order valence-corrected chi connectivity index (χ4v) is 3.55. The van der Waals surface area contributed by atoms with Crippen molar-refractivity contribution in [3.8, 4) is 17.2 Å². The predicted molar refractivity (Wildman–Crippen MR) is 121 cm³/mol. The molecule has 0 unspecified atom stereocenters. The molecule has 1 N–H and O–H groups in total. The number of aromatic nitrogens is 3. The first-order valence-electron chi connectivity index (χ1n) is 9.88.